The average Bonchev–Trinajstić information content (AvgIpc) is 3.40. The highest BCUT2D eigenvalue weighted by Gasteiger charge is 2.19. The van der Waals surface area contributed by atoms with Gasteiger partial charge >= 0.3 is 0 Å². The number of hydrogen-bond donors (Lipinski definition) is 1. The normalized spacial score (nSPS) is 11.4. The zero-order valence-electron chi connectivity index (χ0n) is 18.7. The second-order valence-electron chi connectivity index (χ2n) is 7.37. The summed E-state index contributed by atoms with van der Waals surface area (Å²) in [4.78, 5) is 8.96. The average molecular weight is 506 g/mol. The van der Waals surface area contributed by atoms with Crippen LogP contribution in [0.3, 0.4) is 0 Å². The van der Waals surface area contributed by atoms with Crippen LogP contribution in [-0.2, 0) is 10.0 Å². The van der Waals surface area contributed by atoms with Crippen LogP contribution in [0.1, 0.15) is 0 Å². The molecule has 1 N–H and O–H groups in total. The number of hydrogen-bond acceptors (Lipinski definition) is 9. The third-order valence-electron chi connectivity index (χ3n) is 5.36. The first kappa shape index (κ1) is 22.7. The lowest BCUT2D eigenvalue weighted by Gasteiger charge is -2.14. The maximum atomic E-state index is 12.8. The van der Waals surface area contributed by atoms with Gasteiger partial charge in [0.05, 0.1) is 24.8 Å². The molecule has 0 aliphatic carbocycles. The van der Waals surface area contributed by atoms with Crippen molar-refractivity contribution in [2.45, 2.75) is 4.90 Å². The summed E-state index contributed by atoms with van der Waals surface area (Å²) < 4.78 is 39.1. The maximum absolute atomic E-state index is 12.8. The van der Waals surface area contributed by atoms with Gasteiger partial charge in [-0.15, -0.1) is 10.2 Å². The van der Waals surface area contributed by atoms with Crippen LogP contribution in [0, 0.1) is 0 Å². The van der Waals surface area contributed by atoms with E-state index in [1.54, 1.807) is 44.8 Å². The van der Waals surface area contributed by atoms with Crippen molar-refractivity contribution in [2.75, 3.05) is 18.9 Å². The third kappa shape index (κ3) is 4.38. The first-order valence-electron chi connectivity index (χ1n) is 10.4. The van der Waals surface area contributed by atoms with Crippen LogP contribution in [-0.4, -0.2) is 42.8 Å². The molecule has 2 aromatic carbocycles. The minimum Gasteiger partial charge on any atom is -0.496 e. The molecule has 0 fully saturated rings. The van der Waals surface area contributed by atoms with Gasteiger partial charge in [-0.3, -0.25) is 9.71 Å². The maximum Gasteiger partial charge on any atom is 0.263 e. The number of fused-ring (bicyclic) bond motifs is 1. The van der Waals surface area contributed by atoms with Gasteiger partial charge in [-0.2, -0.15) is 0 Å². The number of benzene rings is 2. The Hall–Kier alpha value is -4.09. The Balaban J connectivity index is 1.57. The van der Waals surface area contributed by atoms with E-state index in [1.165, 1.54) is 11.6 Å². The SMILES string of the molecule is COc1cc(-c2cccnc2OC)ccc1-c1nccc2cc(S(=O)(=O)Nc3nncs3)ccc12. The van der Waals surface area contributed by atoms with Gasteiger partial charge in [0.2, 0.25) is 11.0 Å². The molecule has 0 radical (unpaired) electrons. The van der Waals surface area contributed by atoms with Crippen LogP contribution >= 0.6 is 11.3 Å². The number of aromatic nitrogens is 4. The summed E-state index contributed by atoms with van der Waals surface area (Å²) in [6, 6.07) is 16.2. The van der Waals surface area contributed by atoms with Crippen molar-refractivity contribution in [3.63, 3.8) is 0 Å². The van der Waals surface area contributed by atoms with E-state index in [2.05, 4.69) is 24.9 Å². The monoisotopic (exact) mass is 505 g/mol. The molecule has 11 heteroatoms. The van der Waals surface area contributed by atoms with Crippen LogP contribution in [0.15, 0.2) is 77.4 Å². The predicted molar refractivity (Wildman–Crippen MR) is 134 cm³/mol. The standard InChI is InChI=1S/C24H19N5O4S2/c1-32-21-13-15(19-4-3-10-26-23(19)33-2)5-7-20(21)22-18-8-6-17(12-16(18)9-11-25-22)35(30,31)29-24-28-27-14-34-24/h3-14H,1-2H3,(H,28,29). The predicted octanol–water partition coefficient (Wildman–Crippen LogP) is 4.63. The fourth-order valence-corrected chi connectivity index (χ4v) is 5.48. The summed E-state index contributed by atoms with van der Waals surface area (Å²) in [5.41, 5.74) is 4.62. The molecule has 0 saturated carbocycles. The van der Waals surface area contributed by atoms with Crippen LogP contribution in [0.5, 0.6) is 11.6 Å². The number of methoxy groups -OCH3 is 2. The molecule has 3 heterocycles. The Labute approximate surface area is 205 Å². The van der Waals surface area contributed by atoms with E-state index in [-0.39, 0.29) is 10.0 Å². The molecule has 35 heavy (non-hydrogen) atoms. The molecule has 0 saturated heterocycles. The van der Waals surface area contributed by atoms with Crippen molar-refractivity contribution in [3.8, 4) is 34.0 Å². The molecule has 5 aromatic rings. The highest BCUT2D eigenvalue weighted by Crippen LogP contribution is 2.38. The van der Waals surface area contributed by atoms with Gasteiger partial charge in [-0.1, -0.05) is 23.5 Å². The van der Waals surface area contributed by atoms with Crippen LogP contribution in [0.4, 0.5) is 5.13 Å². The summed E-state index contributed by atoms with van der Waals surface area (Å²) >= 11 is 1.11. The summed E-state index contributed by atoms with van der Waals surface area (Å²) in [6.45, 7) is 0. The zero-order chi connectivity index (χ0) is 24.4. The molecule has 9 nitrogen and oxygen atoms in total. The van der Waals surface area contributed by atoms with Crippen molar-refractivity contribution in [2.24, 2.45) is 0 Å². The molecule has 0 unspecified atom stereocenters. The van der Waals surface area contributed by atoms with Gasteiger partial charge in [0.25, 0.3) is 10.0 Å². The van der Waals surface area contributed by atoms with Gasteiger partial charge in [0.15, 0.2) is 0 Å². The lowest BCUT2D eigenvalue weighted by Crippen LogP contribution is -2.12. The number of sulfonamides is 1. The lowest BCUT2D eigenvalue weighted by molar-refractivity contribution is 0.399. The summed E-state index contributed by atoms with van der Waals surface area (Å²) in [6.07, 6.45) is 3.31. The fourth-order valence-electron chi connectivity index (χ4n) is 3.76. The quantitative estimate of drug-likeness (QED) is 0.340. The molecule has 5 rings (SSSR count). The first-order chi connectivity index (χ1) is 17.0. The van der Waals surface area contributed by atoms with Gasteiger partial charge in [-0.05, 0) is 53.4 Å². The molecule has 0 atom stereocenters. The van der Waals surface area contributed by atoms with E-state index in [4.69, 9.17) is 9.47 Å². The Morgan fingerprint density at radius 3 is 2.57 bits per heavy atom. The molecule has 0 spiro atoms. The molecular weight excluding hydrogens is 486 g/mol. The number of anilines is 1. The second-order valence-corrected chi connectivity index (χ2v) is 9.88. The largest absolute Gasteiger partial charge is 0.496 e. The smallest absolute Gasteiger partial charge is 0.263 e. The molecule has 3 aromatic heterocycles. The minimum atomic E-state index is -3.81. The molecular formula is C24H19N5O4S2. The summed E-state index contributed by atoms with van der Waals surface area (Å²) in [5.74, 6) is 1.13. The Morgan fingerprint density at radius 2 is 1.80 bits per heavy atom. The Bertz CT molecular complexity index is 1620. The first-order valence-corrected chi connectivity index (χ1v) is 12.7. The van der Waals surface area contributed by atoms with E-state index in [1.807, 2.05) is 30.3 Å². The number of ether oxygens (including phenoxy) is 2. The van der Waals surface area contributed by atoms with Crippen molar-refractivity contribution < 1.29 is 17.9 Å². The number of pyridine rings is 2. The highest BCUT2D eigenvalue weighted by atomic mass is 32.2. The van der Waals surface area contributed by atoms with E-state index < -0.39 is 10.0 Å². The third-order valence-corrected chi connectivity index (χ3v) is 7.43. The zero-order valence-corrected chi connectivity index (χ0v) is 20.3. The molecule has 176 valence electrons. The van der Waals surface area contributed by atoms with Gasteiger partial charge in [0.1, 0.15) is 11.3 Å². The Morgan fingerprint density at radius 1 is 0.914 bits per heavy atom. The molecule has 0 aliphatic heterocycles. The van der Waals surface area contributed by atoms with Gasteiger partial charge in [-0.25, -0.2) is 13.4 Å². The van der Waals surface area contributed by atoms with E-state index in [9.17, 15) is 8.42 Å². The molecule has 0 amide bonds. The van der Waals surface area contributed by atoms with Gasteiger partial charge < -0.3 is 9.47 Å². The lowest BCUT2D eigenvalue weighted by atomic mass is 9.99. The van der Waals surface area contributed by atoms with E-state index in [0.717, 1.165) is 38.8 Å². The Kier molecular flexibility index (Phi) is 6.01. The topological polar surface area (TPSA) is 116 Å². The molecule has 0 bridgehead atoms. The van der Waals surface area contributed by atoms with Crippen LogP contribution in [0.25, 0.3) is 33.2 Å². The summed E-state index contributed by atoms with van der Waals surface area (Å²) in [5, 5.41) is 9.11. The summed E-state index contributed by atoms with van der Waals surface area (Å²) in [7, 11) is -0.639. The van der Waals surface area contributed by atoms with Crippen molar-refractivity contribution >= 4 is 37.3 Å². The van der Waals surface area contributed by atoms with Crippen molar-refractivity contribution in [3.05, 3.63) is 72.5 Å². The van der Waals surface area contributed by atoms with Gasteiger partial charge in [0, 0.05) is 28.9 Å². The van der Waals surface area contributed by atoms with Crippen molar-refractivity contribution in [1.82, 2.24) is 20.2 Å². The number of nitrogens with one attached hydrogen (secondary N) is 1. The van der Waals surface area contributed by atoms with Crippen LogP contribution < -0.4 is 14.2 Å². The second kappa shape index (κ2) is 9.28. The van der Waals surface area contributed by atoms with Crippen molar-refractivity contribution in [1.29, 1.82) is 0 Å². The number of rotatable bonds is 7. The van der Waals surface area contributed by atoms with E-state index >= 15 is 0 Å². The van der Waals surface area contributed by atoms with E-state index in [0.29, 0.717) is 17.3 Å². The minimum absolute atomic E-state index is 0.114. The fraction of sp³-hybridized carbons (Fsp3) is 0.0833. The highest BCUT2D eigenvalue weighted by molar-refractivity contribution is 7.93. The number of nitrogens with zero attached hydrogens (tertiary/aromatic N) is 4. The molecule has 0 aliphatic rings. The van der Waals surface area contributed by atoms with Crippen LogP contribution in [0.2, 0.25) is 0 Å².